The number of halogens is 3. The molecule has 35 heavy (non-hydrogen) atoms. The number of rotatable bonds is 9. The Labute approximate surface area is 210 Å². The summed E-state index contributed by atoms with van der Waals surface area (Å²) >= 11 is 11.9. The largest absolute Gasteiger partial charge is 0.278 e. The van der Waals surface area contributed by atoms with Crippen LogP contribution in [0.15, 0.2) is 76.7 Å². The molecule has 0 bridgehead atoms. The van der Waals surface area contributed by atoms with Crippen LogP contribution in [0, 0.1) is 15.9 Å². The average molecular weight is 539 g/mol. The Bertz CT molecular complexity index is 1360. The summed E-state index contributed by atoms with van der Waals surface area (Å²) in [4.78, 5) is 22.8. The summed E-state index contributed by atoms with van der Waals surface area (Å²) in [5.41, 5.74) is 1.90. The number of sulfonamides is 1. The molecule has 3 aromatic rings. The molecule has 0 aromatic heterocycles. The van der Waals surface area contributed by atoms with E-state index in [-0.39, 0.29) is 26.7 Å². The first-order valence-electron chi connectivity index (χ1n) is 9.83. The SMILES string of the molecule is O=C(CN(Cc1c(F)cccc1Cl)S(=O)(=O)c1ccc(Cl)cc1)NN=Cc1ccccc1[N+](=O)[O-]. The molecule has 13 heteroatoms. The fraction of sp³-hybridized carbons (Fsp3) is 0.0909. The minimum Gasteiger partial charge on any atom is -0.272 e. The molecule has 0 unspecified atom stereocenters. The van der Waals surface area contributed by atoms with Gasteiger partial charge in [-0.25, -0.2) is 18.2 Å². The second-order valence-electron chi connectivity index (χ2n) is 7.04. The molecule has 0 fully saturated rings. The van der Waals surface area contributed by atoms with Gasteiger partial charge in [-0.15, -0.1) is 0 Å². The number of carbonyl (C=O) groups excluding carboxylic acids is 1. The van der Waals surface area contributed by atoms with Gasteiger partial charge in [0.2, 0.25) is 10.0 Å². The predicted octanol–water partition coefficient (Wildman–Crippen LogP) is 4.38. The van der Waals surface area contributed by atoms with Gasteiger partial charge in [0.1, 0.15) is 5.82 Å². The minimum absolute atomic E-state index is 0.0175. The molecular formula is C22H17Cl2FN4O5S. The summed E-state index contributed by atoms with van der Waals surface area (Å²) < 4.78 is 41.6. The number of hydrazone groups is 1. The number of nitrogens with zero attached hydrogens (tertiary/aromatic N) is 3. The van der Waals surface area contributed by atoms with Gasteiger partial charge in [0.05, 0.1) is 28.1 Å². The minimum atomic E-state index is -4.29. The Hall–Kier alpha value is -3.38. The van der Waals surface area contributed by atoms with Crippen LogP contribution in [0.3, 0.4) is 0 Å². The zero-order chi connectivity index (χ0) is 25.6. The zero-order valence-corrected chi connectivity index (χ0v) is 20.1. The van der Waals surface area contributed by atoms with Crippen molar-refractivity contribution in [1.29, 1.82) is 0 Å². The van der Waals surface area contributed by atoms with E-state index >= 15 is 0 Å². The van der Waals surface area contributed by atoms with Gasteiger partial charge in [0.25, 0.3) is 11.6 Å². The smallest absolute Gasteiger partial charge is 0.272 e. The molecule has 1 amide bonds. The summed E-state index contributed by atoms with van der Waals surface area (Å²) in [6, 6.07) is 14.8. The molecule has 182 valence electrons. The number of nitro groups is 1. The van der Waals surface area contributed by atoms with Gasteiger partial charge in [0.15, 0.2) is 0 Å². The second kappa shape index (κ2) is 11.4. The Balaban J connectivity index is 1.86. The zero-order valence-electron chi connectivity index (χ0n) is 17.8. The van der Waals surface area contributed by atoms with E-state index < -0.39 is 39.8 Å². The van der Waals surface area contributed by atoms with Crippen LogP contribution >= 0.6 is 23.2 Å². The van der Waals surface area contributed by atoms with Gasteiger partial charge < -0.3 is 0 Å². The van der Waals surface area contributed by atoms with Crippen molar-refractivity contribution in [3.8, 4) is 0 Å². The van der Waals surface area contributed by atoms with Crippen LogP contribution in [0.2, 0.25) is 10.0 Å². The Morgan fingerprint density at radius 3 is 2.43 bits per heavy atom. The highest BCUT2D eigenvalue weighted by atomic mass is 35.5. The van der Waals surface area contributed by atoms with E-state index in [0.29, 0.717) is 5.02 Å². The molecule has 0 spiro atoms. The molecule has 3 aromatic carbocycles. The van der Waals surface area contributed by atoms with Crippen molar-refractivity contribution < 1.29 is 22.5 Å². The highest BCUT2D eigenvalue weighted by Gasteiger charge is 2.28. The standard InChI is InChI=1S/C22H17Cl2FN4O5S/c23-16-8-10-17(11-9-16)35(33,34)28(13-18-19(24)5-3-6-20(18)25)14-22(30)27-26-12-15-4-1-2-7-21(15)29(31)32/h1-12H,13-14H2,(H,27,30). The summed E-state index contributed by atoms with van der Waals surface area (Å²) in [7, 11) is -4.29. The molecule has 0 radical (unpaired) electrons. The fourth-order valence-electron chi connectivity index (χ4n) is 2.97. The molecule has 0 atom stereocenters. The first-order chi connectivity index (χ1) is 16.6. The quantitative estimate of drug-likeness (QED) is 0.246. The van der Waals surface area contributed by atoms with Crippen molar-refractivity contribution in [2.75, 3.05) is 6.54 Å². The van der Waals surface area contributed by atoms with Crippen LogP contribution in [0.25, 0.3) is 0 Å². The maximum Gasteiger partial charge on any atom is 0.278 e. The van der Waals surface area contributed by atoms with Crippen molar-refractivity contribution in [1.82, 2.24) is 9.73 Å². The van der Waals surface area contributed by atoms with E-state index in [1.54, 1.807) is 6.07 Å². The third kappa shape index (κ3) is 6.61. The van der Waals surface area contributed by atoms with Crippen LogP contribution in [-0.2, 0) is 21.4 Å². The fourth-order valence-corrected chi connectivity index (χ4v) is 4.69. The number of carbonyl (C=O) groups is 1. The van der Waals surface area contributed by atoms with E-state index in [4.69, 9.17) is 23.2 Å². The van der Waals surface area contributed by atoms with Gasteiger partial charge in [-0.2, -0.15) is 9.41 Å². The molecule has 0 heterocycles. The first-order valence-corrected chi connectivity index (χ1v) is 12.0. The predicted molar refractivity (Wildman–Crippen MR) is 129 cm³/mol. The molecule has 0 saturated carbocycles. The molecule has 0 aliphatic carbocycles. The van der Waals surface area contributed by atoms with Crippen LogP contribution in [0.1, 0.15) is 11.1 Å². The number of para-hydroxylation sites is 1. The summed E-state index contributed by atoms with van der Waals surface area (Å²) in [6.45, 7) is -1.29. The lowest BCUT2D eigenvalue weighted by molar-refractivity contribution is -0.385. The normalized spacial score (nSPS) is 11.7. The molecule has 3 rings (SSSR count). The van der Waals surface area contributed by atoms with E-state index in [1.807, 2.05) is 0 Å². The average Bonchev–Trinajstić information content (AvgIpc) is 2.81. The number of hydrogen-bond acceptors (Lipinski definition) is 6. The first kappa shape index (κ1) is 26.2. The lowest BCUT2D eigenvalue weighted by Crippen LogP contribution is -2.39. The highest BCUT2D eigenvalue weighted by Crippen LogP contribution is 2.25. The molecule has 0 saturated heterocycles. The van der Waals surface area contributed by atoms with Gasteiger partial charge in [-0.3, -0.25) is 14.9 Å². The highest BCUT2D eigenvalue weighted by molar-refractivity contribution is 7.89. The maximum absolute atomic E-state index is 14.4. The Morgan fingerprint density at radius 1 is 1.09 bits per heavy atom. The number of nitrogens with one attached hydrogen (secondary N) is 1. The topological polar surface area (TPSA) is 122 Å². The summed E-state index contributed by atoms with van der Waals surface area (Å²) in [5, 5.41) is 15.1. The van der Waals surface area contributed by atoms with E-state index in [0.717, 1.165) is 16.6 Å². The number of hydrogen-bond donors (Lipinski definition) is 1. The Kier molecular flexibility index (Phi) is 8.52. The van der Waals surface area contributed by atoms with E-state index in [2.05, 4.69) is 10.5 Å². The monoisotopic (exact) mass is 538 g/mol. The van der Waals surface area contributed by atoms with Crippen molar-refractivity contribution in [3.63, 3.8) is 0 Å². The molecule has 1 N–H and O–H groups in total. The maximum atomic E-state index is 14.4. The third-order valence-corrected chi connectivity index (χ3v) is 7.11. The van der Waals surface area contributed by atoms with E-state index in [9.17, 15) is 27.7 Å². The number of nitro benzene ring substituents is 1. The van der Waals surface area contributed by atoms with E-state index in [1.165, 1.54) is 54.6 Å². The van der Waals surface area contributed by atoms with Crippen LogP contribution in [0.4, 0.5) is 10.1 Å². The lowest BCUT2D eigenvalue weighted by atomic mass is 10.2. The molecule has 9 nitrogen and oxygen atoms in total. The van der Waals surface area contributed by atoms with Crippen molar-refractivity contribution in [2.24, 2.45) is 5.10 Å². The van der Waals surface area contributed by atoms with Gasteiger partial charge in [-0.1, -0.05) is 41.4 Å². The number of amides is 1. The third-order valence-electron chi connectivity index (χ3n) is 4.69. The van der Waals surface area contributed by atoms with Gasteiger partial charge in [0, 0.05) is 28.2 Å². The number of benzene rings is 3. The van der Waals surface area contributed by atoms with Gasteiger partial charge >= 0.3 is 0 Å². The van der Waals surface area contributed by atoms with Crippen LogP contribution in [-0.4, -0.2) is 36.3 Å². The Morgan fingerprint density at radius 2 is 1.77 bits per heavy atom. The van der Waals surface area contributed by atoms with Crippen molar-refractivity contribution in [3.05, 3.63) is 104 Å². The summed E-state index contributed by atoms with van der Waals surface area (Å²) in [5.74, 6) is -1.62. The molecule has 0 aliphatic heterocycles. The molecule has 0 aliphatic rings. The molecular weight excluding hydrogens is 522 g/mol. The second-order valence-corrected chi connectivity index (χ2v) is 9.82. The lowest BCUT2D eigenvalue weighted by Gasteiger charge is -2.22. The van der Waals surface area contributed by atoms with Gasteiger partial charge in [-0.05, 0) is 42.5 Å². The van der Waals surface area contributed by atoms with Crippen molar-refractivity contribution in [2.45, 2.75) is 11.4 Å². The van der Waals surface area contributed by atoms with Crippen LogP contribution < -0.4 is 5.43 Å². The summed E-state index contributed by atoms with van der Waals surface area (Å²) in [6.07, 6.45) is 1.06. The van der Waals surface area contributed by atoms with Crippen molar-refractivity contribution >= 4 is 51.0 Å². The van der Waals surface area contributed by atoms with Crippen LogP contribution in [0.5, 0.6) is 0 Å².